The summed E-state index contributed by atoms with van der Waals surface area (Å²) in [5.41, 5.74) is 1.01. The number of hydrogen-bond donors (Lipinski definition) is 2. The van der Waals surface area contributed by atoms with Crippen LogP contribution in [0.15, 0.2) is 24.4 Å². The normalized spacial score (nSPS) is 15.7. The molecular formula is C15H17FN2O. The fourth-order valence-corrected chi connectivity index (χ4v) is 2.33. The molecule has 100 valence electrons. The highest BCUT2D eigenvalue weighted by Crippen LogP contribution is 2.32. The summed E-state index contributed by atoms with van der Waals surface area (Å²) >= 11 is 0. The Morgan fingerprint density at radius 2 is 2.16 bits per heavy atom. The van der Waals surface area contributed by atoms with Crippen LogP contribution in [0.2, 0.25) is 0 Å². The Balaban J connectivity index is 2.01. The fraction of sp³-hybridized carbons (Fsp3) is 0.400. The fourth-order valence-electron chi connectivity index (χ4n) is 2.33. The van der Waals surface area contributed by atoms with E-state index in [2.05, 4.69) is 10.3 Å². The molecule has 0 bridgehead atoms. The molecule has 1 saturated carbocycles. The van der Waals surface area contributed by atoms with Crippen LogP contribution in [0.5, 0.6) is 0 Å². The second kappa shape index (κ2) is 4.08. The Labute approximate surface area is 111 Å². The molecule has 3 rings (SSSR count). The SMILES string of the molecule is CC(C)(C(=O)NC1CC1)c1c[nH]c2ccc(F)cc12. The van der Waals surface area contributed by atoms with E-state index >= 15 is 0 Å². The van der Waals surface area contributed by atoms with Crippen LogP contribution in [-0.4, -0.2) is 16.9 Å². The largest absolute Gasteiger partial charge is 0.361 e. The van der Waals surface area contributed by atoms with Crippen LogP contribution < -0.4 is 5.32 Å². The summed E-state index contributed by atoms with van der Waals surface area (Å²) in [7, 11) is 0. The smallest absolute Gasteiger partial charge is 0.230 e. The van der Waals surface area contributed by atoms with Crippen molar-refractivity contribution in [3.8, 4) is 0 Å². The number of hydrogen-bond acceptors (Lipinski definition) is 1. The Kier molecular flexibility index (Phi) is 2.62. The van der Waals surface area contributed by atoms with Crippen molar-refractivity contribution in [1.82, 2.24) is 10.3 Å². The molecule has 1 amide bonds. The zero-order chi connectivity index (χ0) is 13.6. The average molecular weight is 260 g/mol. The number of aromatic nitrogens is 1. The summed E-state index contributed by atoms with van der Waals surface area (Å²) in [5, 5.41) is 3.79. The minimum absolute atomic E-state index is 0.000149. The molecule has 0 atom stereocenters. The topological polar surface area (TPSA) is 44.9 Å². The van der Waals surface area contributed by atoms with Crippen LogP contribution >= 0.6 is 0 Å². The Bertz CT molecular complexity index is 641. The lowest BCUT2D eigenvalue weighted by Crippen LogP contribution is -2.41. The van der Waals surface area contributed by atoms with Crippen molar-refractivity contribution in [2.24, 2.45) is 0 Å². The van der Waals surface area contributed by atoms with Gasteiger partial charge in [-0.2, -0.15) is 0 Å². The van der Waals surface area contributed by atoms with Crippen molar-refractivity contribution in [3.05, 3.63) is 35.8 Å². The van der Waals surface area contributed by atoms with Crippen molar-refractivity contribution < 1.29 is 9.18 Å². The summed E-state index contributed by atoms with van der Waals surface area (Å²) in [6.45, 7) is 3.75. The number of carbonyl (C=O) groups is 1. The third-order valence-electron chi connectivity index (χ3n) is 3.80. The lowest BCUT2D eigenvalue weighted by atomic mass is 9.83. The first-order valence-electron chi connectivity index (χ1n) is 6.56. The van der Waals surface area contributed by atoms with Crippen molar-refractivity contribution in [1.29, 1.82) is 0 Å². The molecule has 3 nitrogen and oxygen atoms in total. The van der Waals surface area contributed by atoms with Gasteiger partial charge in [-0.25, -0.2) is 4.39 Å². The van der Waals surface area contributed by atoms with Gasteiger partial charge >= 0.3 is 0 Å². The molecule has 0 unspecified atom stereocenters. The quantitative estimate of drug-likeness (QED) is 0.875. The highest BCUT2D eigenvalue weighted by atomic mass is 19.1. The summed E-state index contributed by atoms with van der Waals surface area (Å²) in [5.74, 6) is -0.285. The van der Waals surface area contributed by atoms with Gasteiger partial charge in [0.2, 0.25) is 5.91 Å². The number of halogens is 1. The summed E-state index contributed by atoms with van der Waals surface area (Å²) in [6, 6.07) is 4.92. The maximum atomic E-state index is 13.4. The number of amides is 1. The number of rotatable bonds is 3. The first kappa shape index (κ1) is 12.2. The third-order valence-corrected chi connectivity index (χ3v) is 3.80. The van der Waals surface area contributed by atoms with Gasteiger partial charge in [-0.15, -0.1) is 0 Å². The molecule has 2 N–H and O–H groups in total. The van der Waals surface area contributed by atoms with Gasteiger partial charge in [-0.1, -0.05) is 0 Å². The minimum atomic E-state index is -0.672. The van der Waals surface area contributed by atoms with Crippen molar-refractivity contribution in [2.45, 2.75) is 38.1 Å². The van der Waals surface area contributed by atoms with Crippen molar-refractivity contribution >= 4 is 16.8 Å². The molecule has 1 aliphatic rings. The van der Waals surface area contributed by atoms with Crippen LogP contribution in [0.4, 0.5) is 4.39 Å². The number of H-pyrrole nitrogens is 1. The number of benzene rings is 1. The van der Waals surface area contributed by atoms with Crippen LogP contribution in [0.3, 0.4) is 0 Å². The van der Waals surface area contributed by atoms with E-state index in [1.165, 1.54) is 12.1 Å². The molecule has 0 aliphatic heterocycles. The van der Waals surface area contributed by atoms with Gasteiger partial charge in [-0.05, 0) is 50.5 Å². The zero-order valence-corrected chi connectivity index (χ0v) is 11.1. The number of carbonyl (C=O) groups excluding carboxylic acids is 1. The number of nitrogens with one attached hydrogen (secondary N) is 2. The van der Waals surface area contributed by atoms with Gasteiger partial charge in [0.25, 0.3) is 0 Å². The van der Waals surface area contributed by atoms with Gasteiger partial charge in [-0.3, -0.25) is 4.79 Å². The molecule has 1 heterocycles. The van der Waals surface area contributed by atoms with Crippen LogP contribution in [0.1, 0.15) is 32.3 Å². The molecule has 19 heavy (non-hydrogen) atoms. The first-order valence-corrected chi connectivity index (χ1v) is 6.56. The molecule has 1 fully saturated rings. The molecule has 1 aliphatic carbocycles. The van der Waals surface area contributed by atoms with Gasteiger partial charge in [0.15, 0.2) is 0 Å². The summed E-state index contributed by atoms with van der Waals surface area (Å²) in [6.07, 6.45) is 3.92. The Morgan fingerprint density at radius 1 is 1.42 bits per heavy atom. The second-order valence-electron chi connectivity index (χ2n) is 5.76. The number of fused-ring (bicyclic) bond motifs is 1. The van der Waals surface area contributed by atoms with E-state index in [9.17, 15) is 9.18 Å². The zero-order valence-electron chi connectivity index (χ0n) is 11.1. The van der Waals surface area contributed by atoms with Gasteiger partial charge in [0.05, 0.1) is 5.41 Å². The molecule has 4 heteroatoms. The lowest BCUT2D eigenvalue weighted by Gasteiger charge is -2.23. The van der Waals surface area contributed by atoms with E-state index in [-0.39, 0.29) is 11.7 Å². The molecule has 2 aromatic rings. The molecule has 1 aromatic carbocycles. The molecule has 0 radical (unpaired) electrons. The standard InChI is InChI=1S/C15H17FN2O/c1-15(2,14(19)18-10-4-5-10)12-8-17-13-6-3-9(16)7-11(12)13/h3,6-8,10,17H,4-5H2,1-2H3,(H,18,19). The highest BCUT2D eigenvalue weighted by Gasteiger charge is 2.35. The highest BCUT2D eigenvalue weighted by molar-refractivity contribution is 5.94. The lowest BCUT2D eigenvalue weighted by molar-refractivity contribution is -0.125. The van der Waals surface area contributed by atoms with E-state index in [4.69, 9.17) is 0 Å². The Morgan fingerprint density at radius 3 is 2.84 bits per heavy atom. The van der Waals surface area contributed by atoms with Crippen LogP contribution in [0, 0.1) is 5.82 Å². The predicted molar refractivity (Wildman–Crippen MR) is 72.4 cm³/mol. The minimum Gasteiger partial charge on any atom is -0.361 e. The predicted octanol–water partition coefficient (Wildman–Crippen LogP) is 2.86. The van der Waals surface area contributed by atoms with E-state index < -0.39 is 5.41 Å². The second-order valence-corrected chi connectivity index (χ2v) is 5.76. The van der Waals surface area contributed by atoms with Crippen LogP contribution in [0.25, 0.3) is 10.9 Å². The third kappa shape index (κ3) is 2.11. The average Bonchev–Trinajstić information content (AvgIpc) is 3.06. The summed E-state index contributed by atoms with van der Waals surface area (Å²) < 4.78 is 13.4. The van der Waals surface area contributed by atoms with E-state index in [0.29, 0.717) is 6.04 Å². The molecule has 1 aromatic heterocycles. The number of aromatic amines is 1. The van der Waals surface area contributed by atoms with Crippen molar-refractivity contribution in [3.63, 3.8) is 0 Å². The maximum absolute atomic E-state index is 13.4. The monoisotopic (exact) mass is 260 g/mol. The van der Waals surface area contributed by atoms with Gasteiger partial charge < -0.3 is 10.3 Å². The van der Waals surface area contributed by atoms with Gasteiger partial charge in [0, 0.05) is 23.1 Å². The van der Waals surface area contributed by atoms with Crippen molar-refractivity contribution in [2.75, 3.05) is 0 Å². The van der Waals surface area contributed by atoms with E-state index in [1.54, 1.807) is 12.3 Å². The Hall–Kier alpha value is -1.84. The molecule has 0 spiro atoms. The maximum Gasteiger partial charge on any atom is 0.230 e. The summed E-state index contributed by atoms with van der Waals surface area (Å²) in [4.78, 5) is 15.4. The van der Waals surface area contributed by atoms with Crippen LogP contribution in [-0.2, 0) is 10.2 Å². The van der Waals surface area contributed by atoms with Gasteiger partial charge in [0.1, 0.15) is 5.82 Å². The first-order chi connectivity index (χ1) is 8.98. The molecular weight excluding hydrogens is 243 g/mol. The van der Waals surface area contributed by atoms with E-state index in [1.807, 2.05) is 13.8 Å². The van der Waals surface area contributed by atoms with E-state index in [0.717, 1.165) is 29.3 Å². The molecule has 0 saturated heterocycles.